The topological polar surface area (TPSA) is 98.5 Å². The maximum absolute atomic E-state index is 8.63. The minimum atomic E-state index is -0.000891. The van der Waals surface area contributed by atoms with Gasteiger partial charge in [-0.25, -0.2) is 0 Å². The fraction of sp³-hybridized carbons (Fsp3) is 0.0769. The summed E-state index contributed by atoms with van der Waals surface area (Å²) in [5.41, 5.74) is 1.48. The van der Waals surface area contributed by atoms with E-state index < -0.39 is 0 Å². The normalized spacial score (nSPS) is 9.21. The monoisotopic (exact) mass is 251 g/mol. The SMILES string of the molecule is Cc1nnc(-c2cccc(NC=C(C#N)C#N)c2)o1. The van der Waals surface area contributed by atoms with Crippen molar-refractivity contribution in [3.8, 4) is 23.6 Å². The summed E-state index contributed by atoms with van der Waals surface area (Å²) in [6, 6.07) is 10.8. The molecule has 2 rings (SSSR count). The Balaban J connectivity index is 2.24. The van der Waals surface area contributed by atoms with E-state index in [1.165, 1.54) is 6.20 Å². The Kier molecular flexibility index (Phi) is 3.56. The molecule has 6 heteroatoms. The molecule has 0 radical (unpaired) electrons. The summed E-state index contributed by atoms with van der Waals surface area (Å²) in [5.74, 6) is 0.912. The molecule has 0 atom stereocenters. The number of nitrogens with zero attached hydrogens (tertiary/aromatic N) is 4. The maximum atomic E-state index is 8.63. The van der Waals surface area contributed by atoms with Crippen LogP contribution < -0.4 is 5.32 Å². The van der Waals surface area contributed by atoms with Crippen LogP contribution in [0.2, 0.25) is 0 Å². The van der Waals surface area contributed by atoms with E-state index in [4.69, 9.17) is 14.9 Å². The van der Waals surface area contributed by atoms with Gasteiger partial charge in [-0.2, -0.15) is 10.5 Å². The summed E-state index contributed by atoms with van der Waals surface area (Å²) in [5, 5.41) is 27.8. The zero-order chi connectivity index (χ0) is 13.7. The van der Waals surface area contributed by atoms with Gasteiger partial charge in [-0.15, -0.1) is 10.2 Å². The average Bonchev–Trinajstić information content (AvgIpc) is 2.87. The predicted molar refractivity (Wildman–Crippen MR) is 67.4 cm³/mol. The highest BCUT2D eigenvalue weighted by Gasteiger charge is 2.05. The van der Waals surface area contributed by atoms with Gasteiger partial charge in [0.25, 0.3) is 0 Å². The van der Waals surface area contributed by atoms with Gasteiger partial charge in [-0.3, -0.25) is 0 Å². The van der Waals surface area contributed by atoms with Gasteiger partial charge in [0.2, 0.25) is 11.8 Å². The van der Waals surface area contributed by atoms with Crippen LogP contribution in [0.15, 0.2) is 40.5 Å². The second kappa shape index (κ2) is 5.48. The van der Waals surface area contributed by atoms with Crippen molar-refractivity contribution in [1.82, 2.24) is 10.2 Å². The molecule has 0 bridgehead atoms. The van der Waals surface area contributed by atoms with Crippen molar-refractivity contribution in [1.29, 1.82) is 10.5 Å². The predicted octanol–water partition coefficient (Wildman–Crippen LogP) is 2.39. The van der Waals surface area contributed by atoms with Crippen LogP contribution in [0.4, 0.5) is 5.69 Å². The van der Waals surface area contributed by atoms with Crippen LogP contribution in [0.1, 0.15) is 5.89 Å². The zero-order valence-electron chi connectivity index (χ0n) is 10.1. The molecule has 0 spiro atoms. The van der Waals surface area contributed by atoms with E-state index in [1.807, 2.05) is 12.1 Å². The Bertz CT molecular complexity index is 686. The molecular formula is C13H9N5O. The van der Waals surface area contributed by atoms with E-state index in [0.29, 0.717) is 11.8 Å². The zero-order valence-corrected chi connectivity index (χ0v) is 10.1. The summed E-state index contributed by atoms with van der Waals surface area (Å²) < 4.78 is 5.32. The first kappa shape index (κ1) is 12.3. The highest BCUT2D eigenvalue weighted by molar-refractivity contribution is 5.62. The fourth-order valence-electron chi connectivity index (χ4n) is 1.40. The Morgan fingerprint density at radius 1 is 1.32 bits per heavy atom. The quantitative estimate of drug-likeness (QED) is 0.841. The van der Waals surface area contributed by atoms with Gasteiger partial charge < -0.3 is 9.73 Å². The molecule has 0 aliphatic rings. The highest BCUT2D eigenvalue weighted by Crippen LogP contribution is 2.21. The number of nitriles is 2. The van der Waals surface area contributed by atoms with Crippen LogP contribution in [0.3, 0.4) is 0 Å². The average molecular weight is 251 g/mol. The number of aryl methyl sites for hydroxylation is 1. The molecule has 1 aromatic carbocycles. The van der Waals surface area contributed by atoms with Crippen LogP contribution in [0.5, 0.6) is 0 Å². The largest absolute Gasteiger partial charge is 0.421 e. The minimum absolute atomic E-state index is 0.000891. The molecule has 0 unspecified atom stereocenters. The number of allylic oxidation sites excluding steroid dienone is 1. The molecule has 6 nitrogen and oxygen atoms in total. The Labute approximate surface area is 109 Å². The molecule has 92 valence electrons. The van der Waals surface area contributed by atoms with Crippen LogP contribution in [-0.2, 0) is 0 Å². The summed E-state index contributed by atoms with van der Waals surface area (Å²) >= 11 is 0. The molecule has 2 aromatic rings. The van der Waals surface area contributed by atoms with Crippen molar-refractivity contribution in [3.05, 3.63) is 41.9 Å². The summed E-state index contributed by atoms with van der Waals surface area (Å²) in [6.45, 7) is 1.72. The van der Waals surface area contributed by atoms with E-state index >= 15 is 0 Å². The Morgan fingerprint density at radius 3 is 2.74 bits per heavy atom. The van der Waals surface area contributed by atoms with Crippen molar-refractivity contribution in [2.45, 2.75) is 6.92 Å². The molecule has 0 saturated carbocycles. The van der Waals surface area contributed by atoms with Gasteiger partial charge in [0.1, 0.15) is 17.7 Å². The van der Waals surface area contributed by atoms with Gasteiger partial charge in [0, 0.05) is 24.4 Å². The van der Waals surface area contributed by atoms with Gasteiger partial charge in [0.05, 0.1) is 0 Å². The summed E-state index contributed by atoms with van der Waals surface area (Å²) in [7, 11) is 0. The summed E-state index contributed by atoms with van der Waals surface area (Å²) in [4.78, 5) is 0. The number of nitrogens with one attached hydrogen (secondary N) is 1. The van der Waals surface area contributed by atoms with Gasteiger partial charge >= 0.3 is 0 Å². The van der Waals surface area contributed by atoms with Crippen molar-refractivity contribution in [3.63, 3.8) is 0 Å². The van der Waals surface area contributed by atoms with Crippen molar-refractivity contribution >= 4 is 5.69 Å². The first-order valence-corrected chi connectivity index (χ1v) is 5.40. The third kappa shape index (κ3) is 2.96. The lowest BCUT2D eigenvalue weighted by Gasteiger charge is -2.01. The number of hydrogen-bond donors (Lipinski definition) is 1. The molecule has 0 saturated heterocycles. The number of aromatic nitrogens is 2. The van der Waals surface area contributed by atoms with E-state index in [-0.39, 0.29) is 5.57 Å². The second-order valence-corrected chi connectivity index (χ2v) is 3.63. The van der Waals surface area contributed by atoms with Crippen LogP contribution in [0.25, 0.3) is 11.5 Å². The van der Waals surface area contributed by atoms with Crippen molar-refractivity contribution < 1.29 is 4.42 Å². The van der Waals surface area contributed by atoms with Gasteiger partial charge in [0.15, 0.2) is 0 Å². The number of hydrogen-bond acceptors (Lipinski definition) is 6. The molecule has 1 heterocycles. The van der Waals surface area contributed by atoms with Crippen LogP contribution >= 0.6 is 0 Å². The molecule has 0 aliphatic heterocycles. The Hall–Kier alpha value is -3.12. The summed E-state index contributed by atoms with van der Waals surface area (Å²) in [6.07, 6.45) is 1.35. The lowest BCUT2D eigenvalue weighted by Crippen LogP contribution is -1.90. The van der Waals surface area contributed by atoms with E-state index in [2.05, 4.69) is 15.5 Å². The van der Waals surface area contributed by atoms with Gasteiger partial charge in [-0.05, 0) is 18.2 Å². The number of anilines is 1. The fourth-order valence-corrected chi connectivity index (χ4v) is 1.40. The van der Waals surface area contributed by atoms with Crippen LogP contribution in [-0.4, -0.2) is 10.2 Å². The third-order valence-electron chi connectivity index (χ3n) is 2.26. The molecule has 19 heavy (non-hydrogen) atoms. The Morgan fingerprint density at radius 2 is 2.11 bits per heavy atom. The second-order valence-electron chi connectivity index (χ2n) is 3.63. The molecular weight excluding hydrogens is 242 g/mol. The van der Waals surface area contributed by atoms with E-state index in [9.17, 15) is 0 Å². The number of rotatable bonds is 3. The highest BCUT2D eigenvalue weighted by atomic mass is 16.4. The van der Waals surface area contributed by atoms with Crippen molar-refractivity contribution in [2.24, 2.45) is 0 Å². The lowest BCUT2D eigenvalue weighted by atomic mass is 10.2. The minimum Gasteiger partial charge on any atom is -0.421 e. The maximum Gasteiger partial charge on any atom is 0.247 e. The van der Waals surface area contributed by atoms with Gasteiger partial charge in [-0.1, -0.05) is 6.07 Å². The standard InChI is InChI=1S/C13H9N5O/c1-9-17-18-13(19-9)11-3-2-4-12(5-11)16-8-10(6-14)7-15/h2-5,8,16H,1H3. The molecule has 0 fully saturated rings. The van der Waals surface area contributed by atoms with Crippen LogP contribution in [0, 0.1) is 29.6 Å². The van der Waals surface area contributed by atoms with E-state index in [1.54, 1.807) is 31.2 Å². The number of benzene rings is 1. The molecule has 1 N–H and O–H groups in total. The first-order valence-electron chi connectivity index (χ1n) is 5.40. The van der Waals surface area contributed by atoms with E-state index in [0.717, 1.165) is 11.3 Å². The van der Waals surface area contributed by atoms with Crippen molar-refractivity contribution in [2.75, 3.05) is 5.32 Å². The molecule has 0 aliphatic carbocycles. The molecule has 0 amide bonds. The third-order valence-corrected chi connectivity index (χ3v) is 2.26. The lowest BCUT2D eigenvalue weighted by molar-refractivity contribution is 0.533. The molecule has 1 aromatic heterocycles. The first-order chi connectivity index (χ1) is 9.22. The smallest absolute Gasteiger partial charge is 0.247 e.